The highest BCUT2D eigenvalue weighted by atomic mass is 32.1. The quantitative estimate of drug-likeness (QED) is 0.883. The highest BCUT2D eigenvalue weighted by Crippen LogP contribution is 2.15. The highest BCUT2D eigenvalue weighted by Gasteiger charge is 2.08. The second-order valence-electron chi connectivity index (χ2n) is 3.78. The molecule has 0 spiro atoms. The van der Waals surface area contributed by atoms with Crippen molar-refractivity contribution in [3.63, 3.8) is 0 Å². The fraction of sp³-hybridized carbons (Fsp3) is 0.417. The summed E-state index contributed by atoms with van der Waals surface area (Å²) in [5, 5.41) is 3.21. The maximum Gasteiger partial charge on any atom is 0.163 e. The maximum atomic E-state index is 4.43. The first kappa shape index (κ1) is 12.0. The first-order valence-electron chi connectivity index (χ1n) is 5.82. The Bertz CT molecular complexity index is 464. The number of anilines is 1. The maximum absolute atomic E-state index is 4.43. The van der Waals surface area contributed by atoms with Crippen LogP contribution >= 0.6 is 11.7 Å². The van der Waals surface area contributed by atoms with Crippen LogP contribution in [-0.4, -0.2) is 20.3 Å². The molecule has 1 N–H and O–H groups in total. The monoisotopic (exact) mass is 248 g/mol. The summed E-state index contributed by atoms with van der Waals surface area (Å²) in [4.78, 5) is 4.43. The number of nitrogens with one attached hydrogen (secondary N) is 1. The summed E-state index contributed by atoms with van der Waals surface area (Å²) >= 11 is 1.24. The van der Waals surface area contributed by atoms with Crippen LogP contribution in [0.1, 0.15) is 30.8 Å². The Labute approximate surface area is 105 Å². The van der Waals surface area contributed by atoms with E-state index >= 15 is 0 Å². The van der Waals surface area contributed by atoms with Gasteiger partial charge in [0.25, 0.3) is 0 Å². The van der Waals surface area contributed by atoms with Crippen LogP contribution in [0.3, 0.4) is 0 Å². The molecule has 0 saturated carbocycles. The average Bonchev–Trinajstić information content (AvgIpc) is 2.78. The van der Waals surface area contributed by atoms with Crippen molar-refractivity contribution in [2.45, 2.75) is 26.7 Å². The molecule has 0 aliphatic rings. The predicted molar refractivity (Wildman–Crippen MR) is 70.5 cm³/mol. The van der Waals surface area contributed by atoms with E-state index in [4.69, 9.17) is 0 Å². The molecule has 5 heteroatoms. The van der Waals surface area contributed by atoms with E-state index in [0.29, 0.717) is 0 Å². The molecule has 2 aromatic heterocycles. The summed E-state index contributed by atoms with van der Waals surface area (Å²) < 4.78 is 8.53. The van der Waals surface area contributed by atoms with Crippen LogP contribution in [0.4, 0.5) is 5.82 Å². The zero-order chi connectivity index (χ0) is 12.1. The van der Waals surface area contributed by atoms with E-state index in [2.05, 4.69) is 45.0 Å². The first-order valence-corrected chi connectivity index (χ1v) is 6.55. The van der Waals surface area contributed by atoms with Crippen LogP contribution in [0.5, 0.6) is 0 Å². The molecule has 0 saturated heterocycles. The van der Waals surface area contributed by atoms with Crippen molar-refractivity contribution in [3.05, 3.63) is 35.3 Å². The summed E-state index contributed by atoms with van der Waals surface area (Å²) in [6.45, 7) is 5.04. The molecule has 0 radical (unpaired) electrons. The van der Waals surface area contributed by atoms with Crippen molar-refractivity contribution in [2.75, 3.05) is 11.9 Å². The lowest BCUT2D eigenvalue weighted by molar-refractivity contribution is 1.01. The SMILES string of the molecule is CCNc1nsnc1Cc1ccc(CC)cn1. The lowest BCUT2D eigenvalue weighted by Crippen LogP contribution is -2.02. The van der Waals surface area contributed by atoms with Gasteiger partial charge in [-0.3, -0.25) is 4.98 Å². The Morgan fingerprint density at radius 3 is 2.76 bits per heavy atom. The Morgan fingerprint density at radius 2 is 2.12 bits per heavy atom. The van der Waals surface area contributed by atoms with Crippen LogP contribution < -0.4 is 5.32 Å². The zero-order valence-electron chi connectivity index (χ0n) is 10.1. The lowest BCUT2D eigenvalue weighted by Gasteiger charge is -2.02. The van der Waals surface area contributed by atoms with Crippen molar-refractivity contribution < 1.29 is 0 Å². The molecule has 90 valence electrons. The van der Waals surface area contributed by atoms with Crippen molar-refractivity contribution >= 4 is 17.5 Å². The van der Waals surface area contributed by atoms with Crippen LogP contribution in [0.2, 0.25) is 0 Å². The Kier molecular flexibility index (Phi) is 4.03. The normalized spacial score (nSPS) is 10.5. The Morgan fingerprint density at radius 1 is 1.24 bits per heavy atom. The molecule has 0 fully saturated rings. The van der Waals surface area contributed by atoms with E-state index in [1.807, 2.05) is 6.20 Å². The standard InChI is InChI=1S/C12H16N4S/c1-3-9-5-6-10(14-8-9)7-11-12(13-4-2)16-17-15-11/h5-6,8H,3-4,7H2,1-2H3,(H,13,16). The topological polar surface area (TPSA) is 50.7 Å². The van der Waals surface area contributed by atoms with Crippen LogP contribution in [0.15, 0.2) is 18.3 Å². The van der Waals surface area contributed by atoms with Crippen molar-refractivity contribution in [1.29, 1.82) is 0 Å². The van der Waals surface area contributed by atoms with Gasteiger partial charge in [0.15, 0.2) is 5.82 Å². The summed E-state index contributed by atoms with van der Waals surface area (Å²) in [6, 6.07) is 4.18. The van der Waals surface area contributed by atoms with Crippen molar-refractivity contribution in [1.82, 2.24) is 13.7 Å². The highest BCUT2D eigenvalue weighted by molar-refractivity contribution is 6.99. The molecule has 0 unspecified atom stereocenters. The van der Waals surface area contributed by atoms with Gasteiger partial charge in [-0.1, -0.05) is 13.0 Å². The van der Waals surface area contributed by atoms with E-state index in [0.717, 1.165) is 36.6 Å². The largest absolute Gasteiger partial charge is 0.368 e. The number of hydrogen-bond donors (Lipinski definition) is 1. The minimum Gasteiger partial charge on any atom is -0.368 e. The van der Waals surface area contributed by atoms with Gasteiger partial charge in [-0.25, -0.2) is 0 Å². The molecule has 0 amide bonds. The molecule has 0 aliphatic carbocycles. The number of nitrogens with zero attached hydrogens (tertiary/aromatic N) is 3. The molecule has 0 aromatic carbocycles. The van der Waals surface area contributed by atoms with E-state index in [1.54, 1.807) is 0 Å². The van der Waals surface area contributed by atoms with Gasteiger partial charge in [0, 0.05) is 24.9 Å². The van der Waals surface area contributed by atoms with Gasteiger partial charge >= 0.3 is 0 Å². The second kappa shape index (κ2) is 5.72. The molecule has 2 heterocycles. The number of aryl methyl sites for hydroxylation is 1. The summed E-state index contributed by atoms with van der Waals surface area (Å²) in [5.74, 6) is 0.888. The van der Waals surface area contributed by atoms with Gasteiger partial charge in [-0.15, -0.1) is 0 Å². The first-order chi connectivity index (χ1) is 8.33. The van der Waals surface area contributed by atoms with E-state index < -0.39 is 0 Å². The smallest absolute Gasteiger partial charge is 0.163 e. The van der Waals surface area contributed by atoms with Crippen molar-refractivity contribution in [3.8, 4) is 0 Å². The van der Waals surface area contributed by atoms with E-state index in [9.17, 15) is 0 Å². The van der Waals surface area contributed by atoms with Gasteiger partial charge < -0.3 is 5.32 Å². The van der Waals surface area contributed by atoms with Crippen LogP contribution in [-0.2, 0) is 12.8 Å². The molecule has 0 atom stereocenters. The number of rotatable bonds is 5. The van der Waals surface area contributed by atoms with Crippen molar-refractivity contribution in [2.24, 2.45) is 0 Å². The number of hydrogen-bond acceptors (Lipinski definition) is 5. The molecule has 2 rings (SSSR count). The fourth-order valence-corrected chi connectivity index (χ4v) is 2.11. The number of pyridine rings is 1. The minimum atomic E-state index is 0.739. The third kappa shape index (κ3) is 3.00. The summed E-state index contributed by atoms with van der Waals surface area (Å²) in [7, 11) is 0. The lowest BCUT2D eigenvalue weighted by atomic mass is 10.1. The zero-order valence-corrected chi connectivity index (χ0v) is 10.9. The molecule has 0 bridgehead atoms. The van der Waals surface area contributed by atoms with E-state index in [-0.39, 0.29) is 0 Å². The van der Waals surface area contributed by atoms with Gasteiger partial charge in [-0.2, -0.15) is 8.75 Å². The second-order valence-corrected chi connectivity index (χ2v) is 4.31. The third-order valence-corrected chi connectivity index (χ3v) is 3.11. The minimum absolute atomic E-state index is 0.739. The summed E-state index contributed by atoms with van der Waals surface area (Å²) in [6.07, 6.45) is 3.69. The fourth-order valence-electron chi connectivity index (χ4n) is 1.56. The van der Waals surface area contributed by atoms with Gasteiger partial charge in [-0.05, 0) is 25.0 Å². The third-order valence-electron chi connectivity index (χ3n) is 2.54. The average molecular weight is 248 g/mol. The van der Waals surface area contributed by atoms with Gasteiger partial charge in [0.2, 0.25) is 0 Å². The van der Waals surface area contributed by atoms with Gasteiger partial charge in [0.05, 0.1) is 11.7 Å². The number of aromatic nitrogens is 3. The van der Waals surface area contributed by atoms with Crippen LogP contribution in [0, 0.1) is 0 Å². The molecule has 0 aliphatic heterocycles. The molecule has 4 nitrogen and oxygen atoms in total. The molecular weight excluding hydrogens is 232 g/mol. The predicted octanol–water partition coefficient (Wildman–Crippen LogP) is 2.52. The molecule has 17 heavy (non-hydrogen) atoms. The molecule has 2 aromatic rings. The summed E-state index contributed by atoms with van der Waals surface area (Å²) in [5.41, 5.74) is 3.28. The molecular formula is C12H16N4S. The Hall–Kier alpha value is -1.49. The Balaban J connectivity index is 2.10. The van der Waals surface area contributed by atoms with E-state index in [1.165, 1.54) is 17.3 Å². The van der Waals surface area contributed by atoms with Gasteiger partial charge in [0.1, 0.15) is 5.69 Å². The van der Waals surface area contributed by atoms with Crippen LogP contribution in [0.25, 0.3) is 0 Å².